The fourth-order valence-electron chi connectivity index (χ4n) is 2.34. The molecule has 0 aliphatic carbocycles. The molecule has 1 atom stereocenters. The Labute approximate surface area is 144 Å². The summed E-state index contributed by atoms with van der Waals surface area (Å²) in [5.41, 5.74) is 0.810. The lowest BCUT2D eigenvalue weighted by Crippen LogP contribution is -2.33. The van der Waals surface area contributed by atoms with E-state index in [1.807, 2.05) is 55.6 Å². The monoisotopic (exact) mass is 341 g/mol. The summed E-state index contributed by atoms with van der Waals surface area (Å²) in [6.07, 6.45) is 1.70. The van der Waals surface area contributed by atoms with E-state index in [4.69, 9.17) is 0 Å². The lowest BCUT2D eigenvalue weighted by Gasteiger charge is -2.24. The molecule has 0 saturated heterocycles. The molecular weight excluding hydrogens is 322 g/mol. The van der Waals surface area contributed by atoms with Crippen molar-refractivity contribution >= 4 is 23.2 Å². The third kappa shape index (κ3) is 3.30. The van der Waals surface area contributed by atoms with E-state index in [2.05, 4.69) is 15.4 Å². The minimum Gasteiger partial charge on any atom is -0.320 e. The maximum absolute atomic E-state index is 12.6. The van der Waals surface area contributed by atoms with Crippen molar-refractivity contribution in [3.05, 3.63) is 58.5 Å². The number of nitrogens with one attached hydrogen (secondary N) is 1. The van der Waals surface area contributed by atoms with Crippen molar-refractivity contribution in [2.75, 3.05) is 12.4 Å². The van der Waals surface area contributed by atoms with Crippen LogP contribution in [0.25, 0.3) is 5.82 Å². The van der Waals surface area contributed by atoms with Crippen LogP contribution >= 0.6 is 11.3 Å². The Morgan fingerprint density at radius 2 is 2.17 bits per heavy atom. The highest BCUT2D eigenvalue weighted by molar-refractivity contribution is 7.10. The molecule has 7 heteroatoms. The van der Waals surface area contributed by atoms with E-state index < -0.39 is 0 Å². The molecule has 3 rings (SSSR count). The third-order valence-corrected chi connectivity index (χ3v) is 4.83. The predicted molar refractivity (Wildman–Crippen MR) is 95.6 cm³/mol. The Hall–Kier alpha value is -2.67. The molecule has 24 heavy (non-hydrogen) atoms. The first-order valence-electron chi connectivity index (χ1n) is 7.61. The predicted octanol–water partition coefficient (Wildman–Crippen LogP) is 3.86. The molecule has 0 aliphatic rings. The van der Waals surface area contributed by atoms with Gasteiger partial charge in [-0.3, -0.25) is 5.32 Å². The Bertz CT molecular complexity index is 813. The lowest BCUT2D eigenvalue weighted by molar-refractivity contribution is 0.209. The van der Waals surface area contributed by atoms with E-state index in [0.717, 1.165) is 10.6 Å². The quantitative estimate of drug-likeness (QED) is 0.784. The van der Waals surface area contributed by atoms with Crippen LogP contribution < -0.4 is 5.32 Å². The number of hydrogen-bond donors (Lipinski definition) is 1. The van der Waals surface area contributed by atoms with Crippen molar-refractivity contribution in [3.8, 4) is 5.82 Å². The molecule has 2 amide bonds. The van der Waals surface area contributed by atoms with Gasteiger partial charge in [0.15, 0.2) is 5.82 Å². The Morgan fingerprint density at radius 1 is 1.33 bits per heavy atom. The van der Waals surface area contributed by atoms with Crippen LogP contribution in [-0.2, 0) is 0 Å². The smallest absolute Gasteiger partial charge is 0.320 e. The molecule has 1 N–H and O–H groups in total. The largest absolute Gasteiger partial charge is 0.323 e. The fourth-order valence-corrected chi connectivity index (χ4v) is 3.16. The average Bonchev–Trinajstić information content (AvgIpc) is 3.24. The van der Waals surface area contributed by atoms with Crippen LogP contribution in [0.1, 0.15) is 23.5 Å². The lowest BCUT2D eigenvalue weighted by atomic mass is 10.2. The minimum atomic E-state index is -0.187. The van der Waals surface area contributed by atoms with Gasteiger partial charge in [-0.1, -0.05) is 12.1 Å². The summed E-state index contributed by atoms with van der Waals surface area (Å²) in [5, 5.41) is 9.35. The number of rotatable bonds is 4. The number of carbonyl (C=O) groups is 1. The van der Waals surface area contributed by atoms with Gasteiger partial charge in [0.05, 0.1) is 11.7 Å². The van der Waals surface area contributed by atoms with Crippen LogP contribution in [0.15, 0.2) is 48.0 Å². The van der Waals surface area contributed by atoms with E-state index in [0.29, 0.717) is 11.6 Å². The highest BCUT2D eigenvalue weighted by Crippen LogP contribution is 2.24. The number of thiophene rings is 1. The molecule has 0 fully saturated rings. The van der Waals surface area contributed by atoms with Gasteiger partial charge < -0.3 is 4.90 Å². The number of pyridine rings is 1. The molecule has 3 aromatic rings. The van der Waals surface area contributed by atoms with Gasteiger partial charge in [0.2, 0.25) is 0 Å². The molecule has 0 radical (unpaired) electrons. The first-order chi connectivity index (χ1) is 11.6. The number of aromatic nitrogens is 3. The number of amides is 2. The van der Waals surface area contributed by atoms with Gasteiger partial charge in [-0.2, -0.15) is 9.78 Å². The topological polar surface area (TPSA) is 63.1 Å². The normalized spacial score (nSPS) is 12.0. The summed E-state index contributed by atoms with van der Waals surface area (Å²) < 4.78 is 1.64. The van der Waals surface area contributed by atoms with Crippen molar-refractivity contribution in [2.24, 2.45) is 0 Å². The summed E-state index contributed by atoms with van der Waals surface area (Å²) in [4.78, 5) is 19.7. The molecule has 0 aliphatic heterocycles. The first kappa shape index (κ1) is 16.2. The van der Waals surface area contributed by atoms with Gasteiger partial charge in [0, 0.05) is 24.2 Å². The molecule has 0 bridgehead atoms. The zero-order valence-electron chi connectivity index (χ0n) is 13.8. The summed E-state index contributed by atoms with van der Waals surface area (Å²) >= 11 is 1.64. The summed E-state index contributed by atoms with van der Waals surface area (Å²) in [6.45, 7) is 3.89. The van der Waals surface area contributed by atoms with Crippen molar-refractivity contribution < 1.29 is 4.79 Å². The van der Waals surface area contributed by atoms with Gasteiger partial charge in [0.1, 0.15) is 5.82 Å². The van der Waals surface area contributed by atoms with E-state index in [-0.39, 0.29) is 12.1 Å². The number of nitrogens with zero attached hydrogens (tertiary/aromatic N) is 4. The summed E-state index contributed by atoms with van der Waals surface area (Å²) in [7, 11) is 1.79. The Morgan fingerprint density at radius 3 is 2.83 bits per heavy atom. The van der Waals surface area contributed by atoms with Crippen LogP contribution in [0.5, 0.6) is 0 Å². The molecule has 0 unspecified atom stereocenters. The summed E-state index contributed by atoms with van der Waals surface area (Å²) in [6, 6.07) is 11.2. The van der Waals surface area contributed by atoms with Crippen molar-refractivity contribution in [1.82, 2.24) is 19.7 Å². The van der Waals surface area contributed by atoms with Crippen LogP contribution in [0.2, 0.25) is 0 Å². The second-order valence-corrected chi connectivity index (χ2v) is 6.48. The van der Waals surface area contributed by atoms with Gasteiger partial charge in [-0.15, -0.1) is 11.3 Å². The number of aryl methyl sites for hydroxylation is 1. The third-order valence-electron chi connectivity index (χ3n) is 3.79. The molecule has 3 heterocycles. The van der Waals surface area contributed by atoms with E-state index in [1.54, 1.807) is 34.2 Å². The number of carbonyl (C=O) groups excluding carboxylic acids is 1. The van der Waals surface area contributed by atoms with Crippen LogP contribution in [-0.4, -0.2) is 32.7 Å². The Balaban J connectivity index is 1.80. The van der Waals surface area contributed by atoms with Crippen LogP contribution in [0, 0.1) is 6.92 Å². The summed E-state index contributed by atoms with van der Waals surface area (Å²) in [5.74, 6) is 1.26. The SMILES string of the molecule is Cc1cc(NC(=O)N(C)[C@H](C)c2cccs2)n(-c2ccccn2)n1. The number of anilines is 1. The maximum Gasteiger partial charge on any atom is 0.323 e. The number of hydrogen-bond acceptors (Lipinski definition) is 4. The van der Waals surface area contributed by atoms with Crippen LogP contribution in [0.3, 0.4) is 0 Å². The molecule has 0 saturated carbocycles. The molecule has 6 nitrogen and oxygen atoms in total. The second-order valence-electron chi connectivity index (χ2n) is 5.50. The average molecular weight is 341 g/mol. The molecular formula is C17H19N5OS. The van der Waals surface area contributed by atoms with Gasteiger partial charge >= 0.3 is 6.03 Å². The molecule has 0 spiro atoms. The van der Waals surface area contributed by atoms with Crippen molar-refractivity contribution in [2.45, 2.75) is 19.9 Å². The van der Waals surface area contributed by atoms with Crippen LogP contribution in [0.4, 0.5) is 10.6 Å². The first-order valence-corrected chi connectivity index (χ1v) is 8.49. The number of urea groups is 1. The zero-order chi connectivity index (χ0) is 17.1. The van der Waals surface area contributed by atoms with Crippen molar-refractivity contribution in [3.63, 3.8) is 0 Å². The molecule has 3 aromatic heterocycles. The molecule has 0 aromatic carbocycles. The van der Waals surface area contributed by atoms with Gasteiger partial charge in [-0.25, -0.2) is 9.78 Å². The second kappa shape index (κ2) is 6.84. The Kier molecular flexibility index (Phi) is 4.61. The van der Waals surface area contributed by atoms with Gasteiger partial charge in [0.25, 0.3) is 0 Å². The van der Waals surface area contributed by atoms with E-state index in [9.17, 15) is 4.79 Å². The minimum absolute atomic E-state index is 0.00248. The van der Waals surface area contributed by atoms with E-state index in [1.165, 1.54) is 0 Å². The molecule has 124 valence electrons. The highest BCUT2D eigenvalue weighted by Gasteiger charge is 2.20. The fraction of sp³-hybridized carbons (Fsp3) is 0.235. The standard InChI is InChI=1S/C17H19N5OS/c1-12-11-16(22(20-12)15-8-4-5-9-18-15)19-17(23)21(3)13(2)14-7-6-10-24-14/h4-11,13H,1-3H3,(H,19,23)/t13-/m1/s1. The maximum atomic E-state index is 12.6. The zero-order valence-corrected chi connectivity index (χ0v) is 14.6. The van der Waals surface area contributed by atoms with E-state index >= 15 is 0 Å². The van der Waals surface area contributed by atoms with Gasteiger partial charge in [-0.05, 0) is 37.4 Å². The highest BCUT2D eigenvalue weighted by atomic mass is 32.1. The van der Waals surface area contributed by atoms with Crippen molar-refractivity contribution in [1.29, 1.82) is 0 Å².